The number of hydrogen-bond acceptors (Lipinski definition) is 4. The average molecular weight is 366 g/mol. The highest BCUT2D eigenvalue weighted by molar-refractivity contribution is 7.83. The summed E-state index contributed by atoms with van der Waals surface area (Å²) in [5.74, 6) is 0. The van der Waals surface area contributed by atoms with Crippen molar-refractivity contribution in [1.82, 2.24) is 24.1 Å². The summed E-state index contributed by atoms with van der Waals surface area (Å²) < 4.78 is 16.2. The number of H-pyrrole nitrogens is 1. The van der Waals surface area contributed by atoms with Gasteiger partial charge in [-0.15, -0.1) is 0 Å². The van der Waals surface area contributed by atoms with Crippen LogP contribution in [0.1, 0.15) is 19.3 Å². The number of nitriles is 1. The van der Waals surface area contributed by atoms with Crippen molar-refractivity contribution < 1.29 is 4.21 Å². The first-order valence-corrected chi connectivity index (χ1v) is 9.87. The summed E-state index contributed by atoms with van der Waals surface area (Å²) in [7, 11) is -0.915. The fourth-order valence-electron chi connectivity index (χ4n) is 3.64. The third-order valence-electron chi connectivity index (χ3n) is 5.25. The summed E-state index contributed by atoms with van der Waals surface area (Å²) in [5, 5.41) is 15.2. The van der Waals surface area contributed by atoms with E-state index in [1.165, 1.54) is 0 Å². The first-order valence-electron chi connectivity index (χ1n) is 8.70. The summed E-state index contributed by atoms with van der Waals surface area (Å²) in [6.45, 7) is 1.22. The minimum Gasteiger partial charge on any atom is -0.346 e. The van der Waals surface area contributed by atoms with Gasteiger partial charge in [-0.2, -0.15) is 10.4 Å². The molecule has 3 aromatic rings. The molecule has 2 aliphatic rings. The second-order valence-corrected chi connectivity index (χ2v) is 8.84. The molecule has 0 amide bonds. The summed E-state index contributed by atoms with van der Waals surface area (Å²) >= 11 is 0. The summed E-state index contributed by atoms with van der Waals surface area (Å²) in [6, 6.07) is 6.27. The molecule has 0 aromatic carbocycles. The molecule has 1 aliphatic heterocycles. The maximum atomic E-state index is 12.4. The van der Waals surface area contributed by atoms with Gasteiger partial charge in [0.25, 0.3) is 0 Å². The van der Waals surface area contributed by atoms with Gasteiger partial charge in [-0.25, -0.2) is 13.5 Å². The number of hydrogen-bond donors (Lipinski definition) is 1. The first-order chi connectivity index (χ1) is 12.7. The van der Waals surface area contributed by atoms with Crippen LogP contribution in [0.2, 0.25) is 0 Å². The van der Waals surface area contributed by atoms with Crippen LogP contribution in [-0.4, -0.2) is 46.6 Å². The van der Waals surface area contributed by atoms with Crippen molar-refractivity contribution >= 4 is 22.0 Å². The molecule has 3 aromatic heterocycles. The van der Waals surface area contributed by atoms with E-state index in [9.17, 15) is 9.47 Å². The fourth-order valence-corrected chi connectivity index (χ4v) is 5.33. The molecule has 5 rings (SSSR count). The van der Waals surface area contributed by atoms with Crippen LogP contribution in [0.25, 0.3) is 22.2 Å². The third kappa shape index (κ3) is 2.39. The lowest BCUT2D eigenvalue weighted by Crippen LogP contribution is -2.63. The van der Waals surface area contributed by atoms with Gasteiger partial charge in [0, 0.05) is 47.9 Å². The molecule has 1 saturated carbocycles. The molecule has 0 radical (unpaired) electrons. The van der Waals surface area contributed by atoms with Crippen LogP contribution in [0.15, 0.2) is 36.9 Å². The van der Waals surface area contributed by atoms with Crippen molar-refractivity contribution in [2.45, 2.75) is 30.1 Å². The number of nitrogens with one attached hydrogen (secondary N) is 1. The Hall–Kier alpha value is -2.50. The molecule has 1 N–H and O–H groups in total. The van der Waals surface area contributed by atoms with Gasteiger partial charge < -0.3 is 4.98 Å². The van der Waals surface area contributed by atoms with E-state index in [-0.39, 0.29) is 5.54 Å². The molecule has 1 saturated heterocycles. The van der Waals surface area contributed by atoms with Crippen LogP contribution in [0, 0.1) is 11.3 Å². The molecule has 0 spiro atoms. The minimum atomic E-state index is -0.915. The lowest BCUT2D eigenvalue weighted by atomic mass is 9.89. The number of aromatic amines is 1. The van der Waals surface area contributed by atoms with E-state index in [0.29, 0.717) is 24.8 Å². The van der Waals surface area contributed by atoms with Gasteiger partial charge in [-0.1, -0.05) is 0 Å². The normalized spacial score (nSPS) is 20.6. The van der Waals surface area contributed by atoms with Crippen molar-refractivity contribution in [1.29, 1.82) is 5.26 Å². The Morgan fingerprint density at radius 2 is 2.23 bits per heavy atom. The fraction of sp³-hybridized carbons (Fsp3) is 0.389. The minimum absolute atomic E-state index is 0.321. The monoisotopic (exact) mass is 366 g/mol. The molecule has 4 heterocycles. The lowest BCUT2D eigenvalue weighted by molar-refractivity contribution is 0.0763. The van der Waals surface area contributed by atoms with Gasteiger partial charge in [0.05, 0.1) is 29.7 Å². The molecule has 1 unspecified atom stereocenters. The number of aromatic nitrogens is 4. The average Bonchev–Trinajstić information content (AvgIpc) is 3.15. The zero-order valence-corrected chi connectivity index (χ0v) is 14.9. The largest absolute Gasteiger partial charge is 0.346 e. The second kappa shape index (κ2) is 5.76. The summed E-state index contributed by atoms with van der Waals surface area (Å²) in [5.41, 5.74) is 2.52. The highest BCUT2D eigenvalue weighted by Gasteiger charge is 2.50. The van der Waals surface area contributed by atoms with E-state index in [1.807, 2.05) is 39.7 Å². The van der Waals surface area contributed by atoms with Gasteiger partial charge in [0.1, 0.15) is 11.2 Å². The Balaban J connectivity index is 1.46. The van der Waals surface area contributed by atoms with E-state index < -0.39 is 11.0 Å². The van der Waals surface area contributed by atoms with E-state index in [0.717, 1.165) is 35.0 Å². The topological polar surface area (TPSA) is 90.6 Å². The summed E-state index contributed by atoms with van der Waals surface area (Å²) in [6.07, 6.45) is 9.95. The predicted octanol–water partition coefficient (Wildman–Crippen LogP) is 2.18. The molecule has 1 atom stereocenters. The standard InChI is InChI=1S/C18H18N6OS/c19-6-5-18(11-23(12-18)26(25)14-1-2-14)24-10-13(9-22-24)15-3-7-20-17-16(15)4-8-21-17/h3-4,7-10,14H,1-2,5,11-12H2,(H,20,21). The molecule has 26 heavy (non-hydrogen) atoms. The molecule has 8 heteroatoms. The van der Waals surface area contributed by atoms with Gasteiger partial charge in [-0.05, 0) is 30.5 Å². The Morgan fingerprint density at radius 1 is 1.38 bits per heavy atom. The van der Waals surface area contributed by atoms with Gasteiger partial charge in [-0.3, -0.25) is 4.68 Å². The second-order valence-electron chi connectivity index (χ2n) is 7.10. The van der Waals surface area contributed by atoms with Crippen LogP contribution in [0.4, 0.5) is 0 Å². The van der Waals surface area contributed by atoms with Crippen molar-refractivity contribution in [2.24, 2.45) is 0 Å². The van der Waals surface area contributed by atoms with Crippen LogP contribution in [0.5, 0.6) is 0 Å². The molecule has 2 fully saturated rings. The van der Waals surface area contributed by atoms with Gasteiger partial charge in [0.2, 0.25) is 0 Å². The number of rotatable bonds is 5. The van der Waals surface area contributed by atoms with Crippen LogP contribution in [0.3, 0.4) is 0 Å². The van der Waals surface area contributed by atoms with Crippen LogP contribution >= 0.6 is 0 Å². The Kier molecular flexibility index (Phi) is 3.48. The smallest absolute Gasteiger partial charge is 0.137 e. The Morgan fingerprint density at radius 3 is 3.00 bits per heavy atom. The quantitative estimate of drug-likeness (QED) is 0.749. The number of nitrogens with zero attached hydrogens (tertiary/aromatic N) is 5. The number of fused-ring (bicyclic) bond motifs is 1. The molecular weight excluding hydrogens is 348 g/mol. The van der Waals surface area contributed by atoms with Gasteiger partial charge in [0.15, 0.2) is 0 Å². The van der Waals surface area contributed by atoms with Crippen LogP contribution in [-0.2, 0) is 16.5 Å². The Bertz CT molecular complexity index is 1040. The van der Waals surface area contributed by atoms with E-state index in [2.05, 4.69) is 21.1 Å². The maximum absolute atomic E-state index is 12.4. The molecular formula is C18H18N6OS. The molecule has 0 bridgehead atoms. The zero-order valence-electron chi connectivity index (χ0n) is 14.1. The van der Waals surface area contributed by atoms with E-state index in [1.54, 1.807) is 6.20 Å². The molecule has 7 nitrogen and oxygen atoms in total. The molecule has 1 aliphatic carbocycles. The summed E-state index contributed by atoms with van der Waals surface area (Å²) in [4.78, 5) is 7.45. The predicted molar refractivity (Wildman–Crippen MR) is 98.3 cm³/mol. The SMILES string of the molecule is N#CCC1(n2cc(-c3ccnc4[nH]ccc34)cn2)CN(S(=O)C2CC2)C1. The third-order valence-corrected chi connectivity index (χ3v) is 7.06. The lowest BCUT2D eigenvalue weighted by Gasteiger charge is -2.47. The highest BCUT2D eigenvalue weighted by Crippen LogP contribution is 2.39. The maximum Gasteiger partial charge on any atom is 0.137 e. The van der Waals surface area contributed by atoms with Gasteiger partial charge >= 0.3 is 0 Å². The van der Waals surface area contributed by atoms with Crippen molar-refractivity contribution in [2.75, 3.05) is 13.1 Å². The first kappa shape index (κ1) is 15.7. The van der Waals surface area contributed by atoms with Crippen LogP contribution < -0.4 is 0 Å². The van der Waals surface area contributed by atoms with Crippen molar-refractivity contribution in [3.05, 3.63) is 36.9 Å². The highest BCUT2D eigenvalue weighted by atomic mass is 32.2. The van der Waals surface area contributed by atoms with Crippen molar-refractivity contribution in [3.8, 4) is 17.2 Å². The van der Waals surface area contributed by atoms with E-state index >= 15 is 0 Å². The zero-order chi connectivity index (χ0) is 17.7. The number of pyridine rings is 1. The van der Waals surface area contributed by atoms with E-state index in [4.69, 9.17) is 0 Å². The van der Waals surface area contributed by atoms with Crippen molar-refractivity contribution in [3.63, 3.8) is 0 Å². The Labute approximate surface area is 153 Å². The molecule has 132 valence electrons.